The zero-order valence-corrected chi connectivity index (χ0v) is 24.6. The van der Waals surface area contributed by atoms with Crippen LogP contribution in [0.25, 0.3) is 17.5 Å². The van der Waals surface area contributed by atoms with Crippen LogP contribution in [0.5, 0.6) is 0 Å². The number of carbonyl (C=O) groups is 1. The third-order valence-electron chi connectivity index (χ3n) is 6.15. The monoisotopic (exact) mass is 680 g/mol. The molecule has 2 aromatic rings. The summed E-state index contributed by atoms with van der Waals surface area (Å²) in [6.07, 6.45) is -1.99. The molecule has 0 unspecified atom stereocenters. The van der Waals surface area contributed by atoms with Crippen molar-refractivity contribution in [2.45, 2.75) is 63.7 Å². The first-order valence-corrected chi connectivity index (χ1v) is 14.8. The van der Waals surface area contributed by atoms with Crippen molar-refractivity contribution in [2.24, 2.45) is 11.7 Å². The number of ether oxygens (including phenoxy) is 1. The molecule has 0 bridgehead atoms. The molecule has 1 fully saturated rings. The Kier molecular flexibility index (Phi) is 10.9. The summed E-state index contributed by atoms with van der Waals surface area (Å²) in [7, 11) is -4.49. The van der Waals surface area contributed by atoms with Crippen LogP contribution in [0, 0.1) is 5.92 Å². The fraction of sp³-hybridized carbons (Fsp3) is 0.545. The maximum absolute atomic E-state index is 12.1. The summed E-state index contributed by atoms with van der Waals surface area (Å²) in [6.45, 7) is 3.15. The number of nitrogens with one attached hydrogen (secondary N) is 1. The third-order valence-corrected chi connectivity index (χ3v) is 7.50. The Balaban J connectivity index is 1.51. The Bertz CT molecular complexity index is 1220. The number of amides is 1. The minimum Gasteiger partial charge on any atom is -0.388 e. The number of hydrogen-bond acceptors (Lipinski definition) is 11. The first-order chi connectivity index (χ1) is 17.9. The Morgan fingerprint density at radius 1 is 1.26 bits per heavy atom. The van der Waals surface area contributed by atoms with Gasteiger partial charge in [0.15, 0.2) is 0 Å². The average Bonchev–Trinajstić information content (AvgIpc) is 3.45. The van der Waals surface area contributed by atoms with Crippen molar-refractivity contribution in [3.05, 3.63) is 33.2 Å². The van der Waals surface area contributed by atoms with Crippen LogP contribution in [0.2, 0.25) is 0 Å². The number of tetrazole rings is 1. The summed E-state index contributed by atoms with van der Waals surface area (Å²) in [5.41, 5.74) is 7.48. The zero-order chi connectivity index (χ0) is 28.0. The normalized spacial score (nSPS) is 23.1. The van der Waals surface area contributed by atoms with Gasteiger partial charge in [-0.05, 0) is 61.1 Å². The maximum atomic E-state index is 12.1. The molecule has 5 N–H and O–H groups in total. The lowest BCUT2D eigenvalue weighted by atomic mass is 10.00. The quantitative estimate of drug-likeness (QED) is 0.250. The Morgan fingerprint density at radius 2 is 1.92 bits per heavy atom. The fourth-order valence-corrected chi connectivity index (χ4v) is 4.93. The number of aliphatic hydroxyl groups is 2. The lowest BCUT2D eigenvalue weighted by molar-refractivity contribution is -0.121. The first kappa shape index (κ1) is 30.7. The largest absolute Gasteiger partial charge is 0.388 e. The number of rotatable bonds is 12. The van der Waals surface area contributed by atoms with E-state index in [2.05, 4.69) is 47.3 Å². The van der Waals surface area contributed by atoms with Gasteiger partial charge >= 0.3 is 10.3 Å². The van der Waals surface area contributed by atoms with Crippen LogP contribution in [0.4, 0.5) is 0 Å². The number of halogens is 2. The number of benzene rings is 1. The molecule has 13 nitrogen and oxygen atoms in total. The summed E-state index contributed by atoms with van der Waals surface area (Å²) >= 11 is 6.63. The second-order valence-corrected chi connectivity index (χ2v) is 13.0. The molecular weight excluding hydrogens is 652 g/mol. The second kappa shape index (κ2) is 13.5. The van der Waals surface area contributed by atoms with Crippen LogP contribution in [0.3, 0.4) is 0 Å². The van der Waals surface area contributed by atoms with Crippen molar-refractivity contribution in [1.29, 1.82) is 0 Å². The maximum Gasteiger partial charge on any atom is 0.362 e. The Labute approximate surface area is 237 Å². The van der Waals surface area contributed by atoms with E-state index in [1.54, 1.807) is 11.6 Å². The predicted octanol–water partition coefficient (Wildman–Crippen LogP) is 1.06. The highest BCUT2D eigenvalue weighted by Crippen LogP contribution is 2.25. The van der Waals surface area contributed by atoms with Gasteiger partial charge in [-0.2, -0.15) is 13.2 Å². The van der Waals surface area contributed by atoms with Gasteiger partial charge in [0, 0.05) is 5.56 Å². The van der Waals surface area contributed by atoms with Crippen LogP contribution in [-0.2, 0) is 30.6 Å². The fourth-order valence-electron chi connectivity index (χ4n) is 3.64. The molecule has 1 saturated heterocycles. The second-order valence-electron chi connectivity index (χ2n) is 8.86. The molecule has 3 rings (SSSR count). The summed E-state index contributed by atoms with van der Waals surface area (Å²) < 4.78 is 37.3. The lowest BCUT2D eigenvalue weighted by Crippen LogP contribution is -2.47. The minimum atomic E-state index is -4.49. The van der Waals surface area contributed by atoms with Crippen molar-refractivity contribution < 1.29 is 32.3 Å². The van der Waals surface area contributed by atoms with Gasteiger partial charge < -0.3 is 20.7 Å². The molecule has 2 heterocycles. The molecular formula is C22H30Br2N6O7S. The SMILES string of the molecule is CC[C@H](C)[C@H](N)C(=O)NS(=O)(=O)OC[C@H]1O[C@@H](CCn2nnc(-c3ccc(C=C(Br)Br)cc3)n2)[C@H](O)[C@@H]1O. The van der Waals surface area contributed by atoms with Crippen LogP contribution in [0.15, 0.2) is 27.7 Å². The van der Waals surface area contributed by atoms with Gasteiger partial charge in [0.25, 0.3) is 5.91 Å². The highest BCUT2D eigenvalue weighted by atomic mass is 79.9. The smallest absolute Gasteiger partial charge is 0.362 e. The molecule has 0 saturated carbocycles. The molecule has 38 heavy (non-hydrogen) atoms. The van der Waals surface area contributed by atoms with E-state index in [-0.39, 0.29) is 18.9 Å². The number of nitrogens with zero attached hydrogens (tertiary/aromatic N) is 4. The third kappa shape index (κ3) is 8.35. The average molecular weight is 682 g/mol. The van der Waals surface area contributed by atoms with Gasteiger partial charge in [-0.1, -0.05) is 44.5 Å². The zero-order valence-electron chi connectivity index (χ0n) is 20.6. The lowest BCUT2D eigenvalue weighted by Gasteiger charge is -2.18. The van der Waals surface area contributed by atoms with E-state index < -0.39 is 53.3 Å². The van der Waals surface area contributed by atoms with Gasteiger partial charge in [-0.25, -0.2) is 4.72 Å². The summed E-state index contributed by atoms with van der Waals surface area (Å²) in [5, 5.41) is 33.1. The van der Waals surface area contributed by atoms with Gasteiger partial charge in [0.1, 0.15) is 18.3 Å². The van der Waals surface area contributed by atoms with Gasteiger partial charge in [0.2, 0.25) is 5.82 Å². The molecule has 0 radical (unpaired) electrons. The van der Waals surface area contributed by atoms with Gasteiger partial charge in [-0.3, -0.25) is 8.98 Å². The highest BCUT2D eigenvalue weighted by molar-refractivity contribution is 9.28. The van der Waals surface area contributed by atoms with Crippen LogP contribution in [0.1, 0.15) is 32.3 Å². The van der Waals surface area contributed by atoms with Crippen molar-refractivity contribution in [1.82, 2.24) is 24.9 Å². The number of aliphatic hydroxyl groups excluding tert-OH is 2. The van der Waals surface area contributed by atoms with Crippen molar-refractivity contribution in [2.75, 3.05) is 6.61 Å². The molecule has 0 spiro atoms. The standard InChI is InChI=1S/C22H30Br2N6O7S/c1-3-12(2)18(25)22(33)28-38(34,35)36-11-16-20(32)19(31)15(37-16)8-9-30-27-21(26-29-30)14-6-4-13(5-7-14)10-17(23)24/h4-7,10,12,15-16,18-20,31-32H,3,8-9,11,25H2,1-2H3,(H,28,33)/t12-,15-,16+,18-,19-,20+/m0/s1. The van der Waals surface area contributed by atoms with E-state index in [4.69, 9.17) is 14.7 Å². The highest BCUT2D eigenvalue weighted by Gasteiger charge is 2.43. The molecule has 1 aromatic carbocycles. The van der Waals surface area contributed by atoms with Crippen LogP contribution >= 0.6 is 31.9 Å². The van der Waals surface area contributed by atoms with Crippen molar-refractivity contribution >= 4 is 54.1 Å². The van der Waals surface area contributed by atoms with Crippen molar-refractivity contribution in [3.63, 3.8) is 0 Å². The first-order valence-electron chi connectivity index (χ1n) is 11.8. The minimum absolute atomic E-state index is 0.209. The van der Waals surface area contributed by atoms with Gasteiger partial charge in [-0.15, -0.1) is 10.2 Å². The van der Waals surface area contributed by atoms with Crippen molar-refractivity contribution in [3.8, 4) is 11.4 Å². The number of hydrogen-bond donors (Lipinski definition) is 4. The number of carbonyl (C=O) groups excluding carboxylic acids is 1. The molecule has 1 aliphatic rings. The Morgan fingerprint density at radius 3 is 2.55 bits per heavy atom. The number of aryl methyl sites for hydroxylation is 1. The van der Waals surface area contributed by atoms with E-state index >= 15 is 0 Å². The summed E-state index contributed by atoms with van der Waals surface area (Å²) in [5.74, 6) is -0.719. The van der Waals surface area contributed by atoms with E-state index in [9.17, 15) is 23.4 Å². The molecule has 1 aliphatic heterocycles. The van der Waals surface area contributed by atoms with Crippen LogP contribution < -0.4 is 10.5 Å². The molecule has 16 heteroatoms. The van der Waals surface area contributed by atoms with E-state index in [0.717, 1.165) is 14.5 Å². The molecule has 1 amide bonds. The molecule has 6 atom stereocenters. The number of nitrogens with two attached hydrogens (primary N) is 1. The van der Waals surface area contributed by atoms with E-state index in [0.29, 0.717) is 12.2 Å². The summed E-state index contributed by atoms with van der Waals surface area (Å²) in [6, 6.07) is 6.49. The predicted molar refractivity (Wildman–Crippen MR) is 145 cm³/mol. The van der Waals surface area contributed by atoms with Crippen LogP contribution in [-0.4, -0.2) is 81.8 Å². The van der Waals surface area contributed by atoms with E-state index in [1.807, 2.05) is 37.3 Å². The van der Waals surface area contributed by atoms with Gasteiger partial charge in [0.05, 0.1) is 28.7 Å². The topological polar surface area (TPSA) is 192 Å². The number of aromatic nitrogens is 4. The summed E-state index contributed by atoms with van der Waals surface area (Å²) in [4.78, 5) is 13.4. The van der Waals surface area contributed by atoms with E-state index in [1.165, 1.54) is 4.80 Å². The molecule has 210 valence electrons. The molecule has 0 aliphatic carbocycles. The molecule has 1 aromatic heterocycles. The Hall–Kier alpha value is -1.79.